The Morgan fingerprint density at radius 1 is 1.45 bits per heavy atom. The minimum Gasteiger partial charge on any atom is -0.347 e. The van der Waals surface area contributed by atoms with Gasteiger partial charge in [0.05, 0.1) is 17.8 Å². The van der Waals surface area contributed by atoms with Crippen LogP contribution in [0.25, 0.3) is 0 Å². The van der Waals surface area contributed by atoms with Crippen LogP contribution < -0.4 is 0 Å². The molecule has 1 amide bonds. The third-order valence-electron chi connectivity index (χ3n) is 4.10. The number of carbonyl (C=O) groups is 1. The Labute approximate surface area is 129 Å². The van der Waals surface area contributed by atoms with Crippen molar-refractivity contribution in [3.8, 4) is 0 Å². The van der Waals surface area contributed by atoms with Crippen LogP contribution in [0.1, 0.15) is 35.6 Å². The van der Waals surface area contributed by atoms with Crippen LogP contribution in [0.4, 0.5) is 0 Å². The van der Waals surface area contributed by atoms with Gasteiger partial charge >= 0.3 is 0 Å². The van der Waals surface area contributed by atoms with E-state index in [4.69, 9.17) is 0 Å². The van der Waals surface area contributed by atoms with Crippen molar-refractivity contribution in [1.29, 1.82) is 0 Å². The number of aryl methyl sites for hydroxylation is 1. The summed E-state index contributed by atoms with van der Waals surface area (Å²) >= 11 is 0. The molecule has 0 spiro atoms. The molecule has 1 aliphatic rings. The van der Waals surface area contributed by atoms with Crippen molar-refractivity contribution >= 4 is 5.91 Å². The standard InChI is InChI=1S/C15H22N6O/c1-3-6-21-10-12(9-18-21)15(22)20-8-7-19(2)13(11-20)14-16-4-5-17-14/h4-5,9-10,13H,3,6-8,11H2,1-2H3,(H,16,17)/t13-/m0/s1. The van der Waals surface area contributed by atoms with Crippen LogP contribution in [0.15, 0.2) is 24.8 Å². The summed E-state index contributed by atoms with van der Waals surface area (Å²) in [5, 5.41) is 4.25. The SMILES string of the molecule is CCCn1cc(C(=O)N2CCN(C)[C@H](c3ncc[nH]3)C2)cn1. The molecule has 1 saturated heterocycles. The lowest BCUT2D eigenvalue weighted by atomic mass is 10.1. The van der Waals surface area contributed by atoms with Gasteiger partial charge in [0.1, 0.15) is 5.82 Å². The molecule has 0 unspecified atom stereocenters. The van der Waals surface area contributed by atoms with Crippen LogP contribution in [0.2, 0.25) is 0 Å². The highest BCUT2D eigenvalue weighted by atomic mass is 16.2. The number of nitrogens with zero attached hydrogens (tertiary/aromatic N) is 5. The summed E-state index contributed by atoms with van der Waals surface area (Å²) in [6.07, 6.45) is 8.08. The number of rotatable bonds is 4. The summed E-state index contributed by atoms with van der Waals surface area (Å²) in [5.41, 5.74) is 0.663. The summed E-state index contributed by atoms with van der Waals surface area (Å²) in [6.45, 7) is 5.14. The van der Waals surface area contributed by atoms with Crippen LogP contribution in [-0.4, -0.2) is 62.1 Å². The van der Waals surface area contributed by atoms with E-state index in [9.17, 15) is 4.79 Å². The molecule has 7 heteroatoms. The van der Waals surface area contributed by atoms with E-state index in [-0.39, 0.29) is 11.9 Å². The van der Waals surface area contributed by atoms with E-state index in [1.165, 1.54) is 0 Å². The molecule has 2 aromatic heterocycles. The molecular weight excluding hydrogens is 280 g/mol. The van der Waals surface area contributed by atoms with Crippen molar-refractivity contribution < 1.29 is 4.79 Å². The molecule has 0 bridgehead atoms. The van der Waals surface area contributed by atoms with Gasteiger partial charge in [0.25, 0.3) is 5.91 Å². The quantitative estimate of drug-likeness (QED) is 0.919. The van der Waals surface area contributed by atoms with E-state index >= 15 is 0 Å². The number of H-pyrrole nitrogens is 1. The maximum atomic E-state index is 12.7. The highest BCUT2D eigenvalue weighted by Gasteiger charge is 2.30. The molecule has 0 saturated carbocycles. The van der Waals surface area contributed by atoms with Crippen LogP contribution in [0, 0.1) is 0 Å². The number of aromatic nitrogens is 4. The molecule has 3 rings (SSSR count). The van der Waals surface area contributed by atoms with Crippen LogP contribution in [-0.2, 0) is 6.54 Å². The van der Waals surface area contributed by atoms with E-state index in [1.807, 2.05) is 22.0 Å². The van der Waals surface area contributed by atoms with Crippen LogP contribution in [0.5, 0.6) is 0 Å². The highest BCUT2D eigenvalue weighted by Crippen LogP contribution is 2.22. The molecule has 2 aromatic rings. The second-order valence-electron chi connectivity index (χ2n) is 5.71. The van der Waals surface area contributed by atoms with Gasteiger partial charge in [-0.2, -0.15) is 5.10 Å². The molecule has 3 heterocycles. The van der Waals surface area contributed by atoms with Gasteiger partial charge in [0.2, 0.25) is 0 Å². The first-order valence-corrected chi connectivity index (χ1v) is 7.70. The number of nitrogens with one attached hydrogen (secondary N) is 1. The number of imidazole rings is 1. The van der Waals surface area contributed by atoms with Gasteiger partial charge in [-0.15, -0.1) is 0 Å². The van der Waals surface area contributed by atoms with Gasteiger partial charge in [0.15, 0.2) is 0 Å². The minimum atomic E-state index is 0.0482. The molecule has 118 valence electrons. The Kier molecular flexibility index (Phi) is 4.24. The number of carbonyl (C=O) groups excluding carboxylic acids is 1. The molecule has 0 radical (unpaired) electrons. The van der Waals surface area contributed by atoms with Gasteiger partial charge in [-0.3, -0.25) is 14.4 Å². The zero-order valence-corrected chi connectivity index (χ0v) is 13.1. The first-order chi connectivity index (χ1) is 10.7. The van der Waals surface area contributed by atoms with Crippen molar-refractivity contribution in [3.63, 3.8) is 0 Å². The Balaban J connectivity index is 1.72. The topological polar surface area (TPSA) is 70.1 Å². The zero-order chi connectivity index (χ0) is 15.5. The Morgan fingerprint density at radius 3 is 3.05 bits per heavy atom. The third kappa shape index (κ3) is 2.89. The molecule has 1 atom stereocenters. The average molecular weight is 302 g/mol. The fraction of sp³-hybridized carbons (Fsp3) is 0.533. The molecular formula is C15H22N6O. The predicted molar refractivity (Wildman–Crippen MR) is 82.4 cm³/mol. The van der Waals surface area contributed by atoms with Crippen molar-refractivity contribution in [2.45, 2.75) is 25.9 Å². The van der Waals surface area contributed by atoms with Crippen molar-refractivity contribution in [2.75, 3.05) is 26.7 Å². The van der Waals surface area contributed by atoms with Gasteiger partial charge in [0, 0.05) is 44.8 Å². The number of likely N-dealkylation sites (N-methyl/N-ethyl adjacent to an activating group) is 1. The normalized spacial score (nSPS) is 19.5. The van der Waals surface area contributed by atoms with E-state index in [2.05, 4.69) is 33.9 Å². The monoisotopic (exact) mass is 302 g/mol. The predicted octanol–water partition coefficient (Wildman–Crippen LogP) is 1.15. The Morgan fingerprint density at radius 2 is 2.32 bits per heavy atom. The van der Waals surface area contributed by atoms with E-state index in [0.29, 0.717) is 12.1 Å². The molecule has 0 aliphatic carbocycles. The number of hydrogen-bond donors (Lipinski definition) is 1. The minimum absolute atomic E-state index is 0.0482. The fourth-order valence-corrected chi connectivity index (χ4v) is 2.82. The first kappa shape index (κ1) is 14.8. The maximum Gasteiger partial charge on any atom is 0.257 e. The molecule has 22 heavy (non-hydrogen) atoms. The van der Waals surface area contributed by atoms with Crippen molar-refractivity contribution in [3.05, 3.63) is 36.2 Å². The van der Waals surface area contributed by atoms with Gasteiger partial charge in [-0.25, -0.2) is 4.98 Å². The first-order valence-electron chi connectivity index (χ1n) is 7.70. The lowest BCUT2D eigenvalue weighted by molar-refractivity contribution is 0.0534. The summed E-state index contributed by atoms with van der Waals surface area (Å²) in [6, 6.07) is 0.110. The van der Waals surface area contributed by atoms with E-state index < -0.39 is 0 Å². The van der Waals surface area contributed by atoms with Gasteiger partial charge in [-0.1, -0.05) is 6.92 Å². The Hall–Kier alpha value is -2.15. The van der Waals surface area contributed by atoms with Crippen LogP contribution in [0.3, 0.4) is 0 Å². The second kappa shape index (κ2) is 6.31. The van der Waals surface area contributed by atoms with E-state index in [1.54, 1.807) is 12.4 Å². The Bertz CT molecular complexity index is 620. The lowest BCUT2D eigenvalue weighted by Gasteiger charge is -2.38. The van der Waals surface area contributed by atoms with E-state index in [0.717, 1.165) is 31.9 Å². The summed E-state index contributed by atoms with van der Waals surface area (Å²) < 4.78 is 1.83. The van der Waals surface area contributed by atoms with Crippen molar-refractivity contribution in [2.24, 2.45) is 0 Å². The summed E-state index contributed by atoms with van der Waals surface area (Å²) in [4.78, 5) is 24.3. The zero-order valence-electron chi connectivity index (χ0n) is 13.1. The smallest absolute Gasteiger partial charge is 0.257 e. The second-order valence-corrected chi connectivity index (χ2v) is 5.71. The van der Waals surface area contributed by atoms with Gasteiger partial charge < -0.3 is 9.88 Å². The number of piperazine rings is 1. The summed E-state index contributed by atoms with van der Waals surface area (Å²) in [7, 11) is 2.06. The lowest BCUT2D eigenvalue weighted by Crippen LogP contribution is -2.49. The molecule has 7 nitrogen and oxygen atoms in total. The fourth-order valence-electron chi connectivity index (χ4n) is 2.82. The number of amides is 1. The highest BCUT2D eigenvalue weighted by molar-refractivity contribution is 5.93. The molecule has 1 aliphatic heterocycles. The molecule has 1 N–H and O–H groups in total. The molecule has 0 aromatic carbocycles. The van der Waals surface area contributed by atoms with Crippen LogP contribution >= 0.6 is 0 Å². The largest absolute Gasteiger partial charge is 0.347 e. The molecule has 1 fully saturated rings. The van der Waals surface area contributed by atoms with Gasteiger partial charge in [-0.05, 0) is 13.5 Å². The number of aromatic amines is 1. The average Bonchev–Trinajstić information content (AvgIpc) is 3.19. The summed E-state index contributed by atoms with van der Waals surface area (Å²) in [5.74, 6) is 0.952. The number of hydrogen-bond acceptors (Lipinski definition) is 4. The maximum absolute atomic E-state index is 12.7. The van der Waals surface area contributed by atoms with Crippen molar-refractivity contribution in [1.82, 2.24) is 29.5 Å². The third-order valence-corrected chi connectivity index (χ3v) is 4.10.